The molecule has 2 rings (SSSR count). The van der Waals surface area contributed by atoms with Gasteiger partial charge in [-0.05, 0) is 54.1 Å². The summed E-state index contributed by atoms with van der Waals surface area (Å²) < 4.78 is 2.91. The van der Waals surface area contributed by atoms with Gasteiger partial charge >= 0.3 is 0 Å². The zero-order valence-corrected chi connectivity index (χ0v) is 13.6. The van der Waals surface area contributed by atoms with Crippen LogP contribution in [0.4, 0.5) is 0 Å². The number of hydrogen-bond acceptors (Lipinski definition) is 4. The largest absolute Gasteiger partial charge is 0.319 e. The van der Waals surface area contributed by atoms with E-state index in [-0.39, 0.29) is 6.04 Å². The molecule has 5 nitrogen and oxygen atoms in total. The highest BCUT2D eigenvalue weighted by Gasteiger charge is 2.19. The molecule has 0 amide bonds. The van der Waals surface area contributed by atoms with Gasteiger partial charge in [0.1, 0.15) is 0 Å². The zero-order valence-electron chi connectivity index (χ0n) is 12.0. The van der Waals surface area contributed by atoms with Crippen molar-refractivity contribution in [3.8, 4) is 0 Å². The van der Waals surface area contributed by atoms with Crippen molar-refractivity contribution in [3.63, 3.8) is 0 Å². The summed E-state index contributed by atoms with van der Waals surface area (Å²) in [6.45, 7) is 3.76. The molecule has 2 N–H and O–H groups in total. The Morgan fingerprint density at radius 3 is 2.80 bits per heavy atom. The fourth-order valence-corrected chi connectivity index (χ4v) is 2.68. The number of pyridine rings is 1. The monoisotopic (exact) mass is 337 g/mol. The lowest BCUT2D eigenvalue weighted by Gasteiger charge is -2.18. The second-order valence-corrected chi connectivity index (χ2v) is 5.97. The van der Waals surface area contributed by atoms with Gasteiger partial charge in [-0.2, -0.15) is 5.10 Å². The van der Waals surface area contributed by atoms with Crippen molar-refractivity contribution in [1.29, 1.82) is 0 Å². The first-order chi connectivity index (χ1) is 9.50. The van der Waals surface area contributed by atoms with E-state index in [1.54, 1.807) is 12.4 Å². The van der Waals surface area contributed by atoms with Crippen molar-refractivity contribution in [3.05, 3.63) is 46.0 Å². The number of aryl methyl sites for hydroxylation is 1. The fourth-order valence-electron chi connectivity index (χ4n) is 2.13. The molecule has 0 radical (unpaired) electrons. The Kier molecular flexibility index (Phi) is 4.91. The van der Waals surface area contributed by atoms with E-state index in [0.717, 1.165) is 34.4 Å². The van der Waals surface area contributed by atoms with Gasteiger partial charge in [0.15, 0.2) is 0 Å². The predicted molar refractivity (Wildman–Crippen MR) is 83.5 cm³/mol. The molecule has 0 aliphatic carbocycles. The number of nitrogens with two attached hydrogens (primary N) is 1. The third-order valence-corrected chi connectivity index (χ3v) is 3.90. The topological polar surface area (TPSA) is 60.0 Å². The van der Waals surface area contributed by atoms with E-state index in [4.69, 9.17) is 5.73 Å². The van der Waals surface area contributed by atoms with Gasteiger partial charge in [-0.3, -0.25) is 9.67 Å². The van der Waals surface area contributed by atoms with Crippen LogP contribution in [-0.2, 0) is 6.54 Å². The summed E-state index contributed by atoms with van der Waals surface area (Å²) in [6.07, 6.45) is 5.42. The lowest BCUT2D eigenvalue weighted by molar-refractivity contribution is 0.368. The molecule has 2 aromatic heterocycles. The number of nitrogens with zero attached hydrogens (tertiary/aromatic N) is 4. The fraction of sp³-hybridized carbons (Fsp3) is 0.429. The summed E-state index contributed by atoms with van der Waals surface area (Å²) in [4.78, 5) is 6.24. The lowest BCUT2D eigenvalue weighted by Crippen LogP contribution is -2.24. The maximum Gasteiger partial charge on any atom is 0.0739 e. The molecule has 20 heavy (non-hydrogen) atoms. The Balaban J connectivity index is 2.32. The Morgan fingerprint density at radius 2 is 2.15 bits per heavy atom. The molecule has 0 aliphatic rings. The molecular formula is C14H20BrN5. The minimum Gasteiger partial charge on any atom is -0.319 e. The predicted octanol–water partition coefficient (Wildman–Crippen LogP) is 1.96. The first kappa shape index (κ1) is 15.2. The quantitative estimate of drug-likeness (QED) is 0.905. The number of halogens is 1. The molecule has 108 valence electrons. The number of rotatable bonds is 5. The summed E-state index contributed by atoms with van der Waals surface area (Å²) >= 11 is 3.55. The van der Waals surface area contributed by atoms with Crippen LogP contribution in [0.15, 0.2) is 29.1 Å². The van der Waals surface area contributed by atoms with Crippen LogP contribution in [0.5, 0.6) is 0 Å². The van der Waals surface area contributed by atoms with Crippen LogP contribution in [0.3, 0.4) is 0 Å². The summed E-state index contributed by atoms with van der Waals surface area (Å²) in [5, 5.41) is 4.41. The van der Waals surface area contributed by atoms with Gasteiger partial charge in [-0.1, -0.05) is 0 Å². The number of aromatic nitrogens is 3. The third-order valence-electron chi connectivity index (χ3n) is 3.29. The molecule has 6 heteroatoms. The lowest BCUT2D eigenvalue weighted by atomic mass is 10.0. The van der Waals surface area contributed by atoms with Crippen LogP contribution in [-0.4, -0.2) is 40.3 Å². The molecule has 0 bridgehead atoms. The van der Waals surface area contributed by atoms with Crippen molar-refractivity contribution in [1.82, 2.24) is 19.7 Å². The summed E-state index contributed by atoms with van der Waals surface area (Å²) in [6, 6.07) is 1.76. The van der Waals surface area contributed by atoms with Crippen LogP contribution in [0.25, 0.3) is 0 Å². The van der Waals surface area contributed by atoms with E-state index >= 15 is 0 Å². The Labute approximate surface area is 127 Å². The summed E-state index contributed by atoms with van der Waals surface area (Å²) in [5.41, 5.74) is 9.60. The van der Waals surface area contributed by atoms with Crippen LogP contribution < -0.4 is 5.73 Å². The molecular weight excluding hydrogens is 318 g/mol. The van der Waals surface area contributed by atoms with Crippen LogP contribution >= 0.6 is 15.9 Å². The molecule has 1 atom stereocenters. The van der Waals surface area contributed by atoms with Gasteiger partial charge in [0.05, 0.1) is 29.0 Å². The molecule has 0 aliphatic heterocycles. The van der Waals surface area contributed by atoms with Crippen molar-refractivity contribution in [2.24, 2.45) is 5.73 Å². The van der Waals surface area contributed by atoms with Crippen LogP contribution in [0.1, 0.15) is 22.9 Å². The van der Waals surface area contributed by atoms with Gasteiger partial charge in [-0.15, -0.1) is 0 Å². The molecule has 0 saturated heterocycles. The molecule has 2 aromatic rings. The molecule has 0 saturated carbocycles. The Bertz CT molecular complexity index is 579. The standard InChI is InChI=1S/C14H20BrN5/c1-10-8-17-5-4-11(10)13(16)14-12(15)9-18-20(14)7-6-19(2)3/h4-5,8-9,13H,6-7,16H2,1-3H3. The zero-order chi connectivity index (χ0) is 14.7. The molecule has 1 unspecified atom stereocenters. The molecule has 0 aromatic carbocycles. The van der Waals surface area contributed by atoms with E-state index in [1.165, 1.54) is 0 Å². The van der Waals surface area contributed by atoms with Gasteiger partial charge < -0.3 is 10.6 Å². The summed E-state index contributed by atoms with van der Waals surface area (Å²) in [5.74, 6) is 0. The summed E-state index contributed by atoms with van der Waals surface area (Å²) in [7, 11) is 4.09. The first-order valence-corrected chi connectivity index (χ1v) is 7.32. The molecule has 0 spiro atoms. The second kappa shape index (κ2) is 6.47. The van der Waals surface area contributed by atoms with E-state index in [9.17, 15) is 0 Å². The van der Waals surface area contributed by atoms with Crippen molar-refractivity contribution >= 4 is 15.9 Å². The van der Waals surface area contributed by atoms with Crippen molar-refractivity contribution < 1.29 is 0 Å². The van der Waals surface area contributed by atoms with Gasteiger partial charge in [-0.25, -0.2) is 0 Å². The van der Waals surface area contributed by atoms with E-state index in [2.05, 4.69) is 30.9 Å². The van der Waals surface area contributed by atoms with Crippen molar-refractivity contribution in [2.75, 3.05) is 20.6 Å². The highest BCUT2D eigenvalue weighted by Crippen LogP contribution is 2.28. The van der Waals surface area contributed by atoms with Crippen LogP contribution in [0.2, 0.25) is 0 Å². The number of likely N-dealkylation sites (N-methyl/N-ethyl adjacent to an activating group) is 1. The highest BCUT2D eigenvalue weighted by atomic mass is 79.9. The van der Waals surface area contributed by atoms with E-state index in [1.807, 2.05) is 38.0 Å². The maximum absolute atomic E-state index is 6.44. The van der Waals surface area contributed by atoms with Crippen LogP contribution in [0, 0.1) is 6.92 Å². The maximum atomic E-state index is 6.44. The first-order valence-electron chi connectivity index (χ1n) is 6.52. The van der Waals surface area contributed by atoms with Crippen molar-refractivity contribution in [2.45, 2.75) is 19.5 Å². The third kappa shape index (κ3) is 3.26. The minimum absolute atomic E-state index is 0.211. The smallest absolute Gasteiger partial charge is 0.0739 e. The Morgan fingerprint density at radius 1 is 1.40 bits per heavy atom. The molecule has 2 heterocycles. The Hall–Kier alpha value is -1.24. The highest BCUT2D eigenvalue weighted by molar-refractivity contribution is 9.10. The van der Waals surface area contributed by atoms with E-state index < -0.39 is 0 Å². The van der Waals surface area contributed by atoms with Gasteiger partial charge in [0.25, 0.3) is 0 Å². The molecule has 0 fully saturated rings. The SMILES string of the molecule is Cc1cnccc1C(N)c1c(Br)cnn1CCN(C)C. The minimum atomic E-state index is -0.211. The number of hydrogen-bond donors (Lipinski definition) is 1. The van der Waals surface area contributed by atoms with Gasteiger partial charge in [0.2, 0.25) is 0 Å². The normalized spacial score (nSPS) is 12.9. The average molecular weight is 338 g/mol. The van der Waals surface area contributed by atoms with Gasteiger partial charge in [0, 0.05) is 18.9 Å². The average Bonchev–Trinajstić information content (AvgIpc) is 2.77. The van der Waals surface area contributed by atoms with E-state index in [0.29, 0.717) is 0 Å². The second-order valence-electron chi connectivity index (χ2n) is 5.11.